The second-order valence-electron chi connectivity index (χ2n) is 7.54. The minimum atomic E-state index is -0.257. The molecule has 0 saturated carbocycles. The molecule has 1 saturated heterocycles. The predicted molar refractivity (Wildman–Crippen MR) is 120 cm³/mol. The molecule has 1 amide bonds. The molecule has 2 aromatic rings. The van der Waals surface area contributed by atoms with Crippen molar-refractivity contribution in [1.29, 1.82) is 0 Å². The fourth-order valence-corrected chi connectivity index (χ4v) is 5.17. The molecular formula is C21H23Cl2N3O3S. The number of fused-ring (bicyclic) bond motifs is 1. The van der Waals surface area contributed by atoms with E-state index in [0.29, 0.717) is 27.3 Å². The van der Waals surface area contributed by atoms with E-state index in [2.05, 4.69) is 10.3 Å². The number of benzene rings is 1. The maximum atomic E-state index is 12.8. The van der Waals surface area contributed by atoms with E-state index in [1.54, 1.807) is 22.8 Å². The van der Waals surface area contributed by atoms with Gasteiger partial charge in [-0.3, -0.25) is 9.36 Å². The Morgan fingerprint density at radius 2 is 2.10 bits per heavy atom. The number of aromatic nitrogens is 2. The highest BCUT2D eigenvalue weighted by atomic mass is 35.5. The first kappa shape index (κ1) is 21.7. The van der Waals surface area contributed by atoms with Gasteiger partial charge in [-0.15, -0.1) is 0 Å². The number of carbonyl (C=O) groups is 1. The lowest BCUT2D eigenvalue weighted by Gasteiger charge is -2.24. The fraction of sp³-hybridized carbons (Fsp3) is 0.476. The normalized spacial score (nSPS) is 18.3. The molecular weight excluding hydrogens is 445 g/mol. The van der Waals surface area contributed by atoms with Gasteiger partial charge >= 0.3 is 5.69 Å². The van der Waals surface area contributed by atoms with E-state index in [4.69, 9.17) is 27.9 Å². The quantitative estimate of drug-likeness (QED) is 0.505. The first-order chi connectivity index (χ1) is 14.5. The van der Waals surface area contributed by atoms with Crippen molar-refractivity contribution in [3.05, 3.63) is 50.0 Å². The third-order valence-electron chi connectivity index (χ3n) is 5.40. The van der Waals surface area contributed by atoms with Crippen LogP contribution in [0.5, 0.6) is 0 Å². The molecule has 0 radical (unpaired) electrons. The second-order valence-corrected chi connectivity index (χ2v) is 9.35. The number of amides is 1. The van der Waals surface area contributed by atoms with Crippen LogP contribution < -0.4 is 11.0 Å². The van der Waals surface area contributed by atoms with Crippen molar-refractivity contribution in [2.75, 3.05) is 17.7 Å². The first-order valence-corrected chi connectivity index (χ1v) is 11.9. The topological polar surface area (TPSA) is 73.2 Å². The van der Waals surface area contributed by atoms with Gasteiger partial charge in [-0.1, -0.05) is 35.0 Å². The lowest BCUT2D eigenvalue weighted by Crippen LogP contribution is -2.34. The van der Waals surface area contributed by atoms with Crippen molar-refractivity contribution in [3.63, 3.8) is 0 Å². The van der Waals surface area contributed by atoms with E-state index >= 15 is 0 Å². The third-order valence-corrected chi connectivity index (χ3v) is 6.99. The highest BCUT2D eigenvalue weighted by molar-refractivity contribution is 8.00. The molecule has 9 heteroatoms. The molecule has 6 nitrogen and oxygen atoms in total. The van der Waals surface area contributed by atoms with Gasteiger partial charge < -0.3 is 10.1 Å². The van der Waals surface area contributed by atoms with Gasteiger partial charge in [-0.25, -0.2) is 4.79 Å². The summed E-state index contributed by atoms with van der Waals surface area (Å²) in [5.74, 6) is -0.0867. The van der Waals surface area contributed by atoms with Gasteiger partial charge in [0.05, 0.1) is 29.1 Å². The SMILES string of the molecule is O=C(CSc1nc(=O)n(CC2CCCO2)c2c1CCCC2)Nc1cc(Cl)ccc1Cl. The third kappa shape index (κ3) is 5.02. The van der Waals surface area contributed by atoms with Crippen LogP contribution in [0.1, 0.15) is 36.9 Å². The highest BCUT2D eigenvalue weighted by Crippen LogP contribution is 2.30. The van der Waals surface area contributed by atoms with Crippen LogP contribution in [0, 0.1) is 0 Å². The van der Waals surface area contributed by atoms with Crippen molar-refractivity contribution in [2.45, 2.75) is 56.2 Å². The summed E-state index contributed by atoms with van der Waals surface area (Å²) in [7, 11) is 0. The summed E-state index contributed by atoms with van der Waals surface area (Å²) < 4.78 is 7.51. The smallest absolute Gasteiger partial charge is 0.348 e. The molecule has 1 N–H and O–H groups in total. The van der Waals surface area contributed by atoms with Gasteiger partial charge in [0.15, 0.2) is 0 Å². The average molecular weight is 468 g/mol. The lowest BCUT2D eigenvalue weighted by atomic mass is 9.97. The Balaban J connectivity index is 1.50. The summed E-state index contributed by atoms with van der Waals surface area (Å²) in [6.07, 6.45) is 5.95. The second kappa shape index (κ2) is 9.73. The zero-order valence-electron chi connectivity index (χ0n) is 16.5. The summed E-state index contributed by atoms with van der Waals surface area (Å²) in [6.45, 7) is 1.32. The van der Waals surface area contributed by atoms with Crippen LogP contribution in [0.4, 0.5) is 5.69 Å². The van der Waals surface area contributed by atoms with Crippen LogP contribution >= 0.6 is 35.0 Å². The monoisotopic (exact) mass is 467 g/mol. The number of hydrogen-bond acceptors (Lipinski definition) is 5. The standard InChI is InChI=1S/C21H23Cl2N3O3S/c22-13-7-8-16(23)17(10-13)24-19(27)12-30-20-15-5-1-2-6-18(15)26(21(28)25-20)11-14-4-3-9-29-14/h7-8,10,14H,1-6,9,11-12H2,(H,24,27). The van der Waals surface area contributed by atoms with Crippen LogP contribution in [0.25, 0.3) is 0 Å². The van der Waals surface area contributed by atoms with Gasteiger partial charge in [0.25, 0.3) is 0 Å². The number of thioether (sulfide) groups is 1. The Bertz CT molecular complexity index is 1010. The Labute approximate surface area is 189 Å². The van der Waals surface area contributed by atoms with Gasteiger partial charge in [-0.2, -0.15) is 4.98 Å². The molecule has 2 heterocycles. The zero-order chi connectivity index (χ0) is 21.1. The van der Waals surface area contributed by atoms with Gasteiger partial charge in [0.1, 0.15) is 5.03 Å². The number of ether oxygens (including phenoxy) is 1. The molecule has 160 valence electrons. The molecule has 0 spiro atoms. The van der Waals surface area contributed by atoms with E-state index in [1.165, 1.54) is 11.8 Å². The van der Waals surface area contributed by atoms with Crippen molar-refractivity contribution in [2.24, 2.45) is 0 Å². The molecule has 1 atom stereocenters. The number of hydrogen-bond donors (Lipinski definition) is 1. The molecule has 1 aliphatic heterocycles. The van der Waals surface area contributed by atoms with Crippen molar-refractivity contribution < 1.29 is 9.53 Å². The number of nitrogens with one attached hydrogen (secondary N) is 1. The number of carbonyl (C=O) groups excluding carboxylic acids is 1. The summed E-state index contributed by atoms with van der Waals surface area (Å²) in [6, 6.07) is 4.91. The minimum Gasteiger partial charge on any atom is -0.376 e. The number of halogens is 2. The molecule has 1 fully saturated rings. The molecule has 1 unspecified atom stereocenters. The van der Waals surface area contributed by atoms with E-state index in [0.717, 1.165) is 56.4 Å². The van der Waals surface area contributed by atoms with Crippen LogP contribution in [0.2, 0.25) is 10.0 Å². The van der Waals surface area contributed by atoms with Gasteiger partial charge in [-0.05, 0) is 56.7 Å². The molecule has 1 aromatic carbocycles. The molecule has 4 rings (SSSR count). The first-order valence-electron chi connectivity index (χ1n) is 10.1. The maximum absolute atomic E-state index is 12.8. The summed E-state index contributed by atoms with van der Waals surface area (Å²) in [5.41, 5.74) is 2.36. The van der Waals surface area contributed by atoms with Crippen LogP contribution in [-0.4, -0.2) is 33.9 Å². The van der Waals surface area contributed by atoms with E-state index in [1.807, 2.05) is 0 Å². The van der Waals surface area contributed by atoms with Crippen molar-refractivity contribution >= 4 is 46.6 Å². The molecule has 0 bridgehead atoms. The van der Waals surface area contributed by atoms with Crippen LogP contribution in [0.15, 0.2) is 28.0 Å². The Hall–Kier alpha value is -1.54. The Morgan fingerprint density at radius 1 is 1.27 bits per heavy atom. The maximum Gasteiger partial charge on any atom is 0.348 e. The summed E-state index contributed by atoms with van der Waals surface area (Å²) in [5, 5.41) is 4.34. The average Bonchev–Trinajstić information content (AvgIpc) is 3.25. The van der Waals surface area contributed by atoms with Gasteiger partial charge in [0, 0.05) is 22.9 Å². The number of anilines is 1. The fourth-order valence-electron chi connectivity index (χ4n) is 3.96. The Morgan fingerprint density at radius 3 is 2.90 bits per heavy atom. The largest absolute Gasteiger partial charge is 0.376 e. The molecule has 1 aromatic heterocycles. The number of nitrogens with zero attached hydrogens (tertiary/aromatic N) is 2. The lowest BCUT2D eigenvalue weighted by molar-refractivity contribution is -0.113. The highest BCUT2D eigenvalue weighted by Gasteiger charge is 2.24. The van der Waals surface area contributed by atoms with Gasteiger partial charge in [0.2, 0.25) is 5.91 Å². The van der Waals surface area contributed by atoms with Crippen LogP contribution in [0.3, 0.4) is 0 Å². The Kier molecular flexibility index (Phi) is 7.03. The number of rotatable bonds is 6. The molecule has 1 aliphatic carbocycles. The van der Waals surface area contributed by atoms with Crippen LogP contribution in [-0.2, 0) is 28.9 Å². The zero-order valence-corrected chi connectivity index (χ0v) is 18.8. The van der Waals surface area contributed by atoms with Crippen molar-refractivity contribution in [1.82, 2.24) is 9.55 Å². The summed E-state index contributed by atoms with van der Waals surface area (Å²) in [4.78, 5) is 29.5. The molecule has 2 aliphatic rings. The predicted octanol–water partition coefficient (Wildman–Crippen LogP) is 4.34. The van der Waals surface area contributed by atoms with Crippen molar-refractivity contribution in [3.8, 4) is 0 Å². The van der Waals surface area contributed by atoms with E-state index in [-0.39, 0.29) is 23.5 Å². The van der Waals surface area contributed by atoms with E-state index < -0.39 is 0 Å². The molecule has 30 heavy (non-hydrogen) atoms. The minimum absolute atomic E-state index is 0.0854. The van der Waals surface area contributed by atoms with E-state index in [9.17, 15) is 9.59 Å². The summed E-state index contributed by atoms with van der Waals surface area (Å²) >= 11 is 13.4.